The Morgan fingerprint density at radius 3 is 2.25 bits per heavy atom. The van der Waals surface area contributed by atoms with Gasteiger partial charge in [0.25, 0.3) is 0 Å². The molecule has 0 saturated heterocycles. The minimum absolute atomic E-state index is 0.0393. The van der Waals surface area contributed by atoms with Crippen molar-refractivity contribution in [2.24, 2.45) is 11.3 Å². The smallest absolute Gasteiger partial charge is 0.0518 e. The van der Waals surface area contributed by atoms with Gasteiger partial charge in [0.05, 0.1) is 13.2 Å². The quantitative estimate of drug-likeness (QED) is 0.547. The summed E-state index contributed by atoms with van der Waals surface area (Å²) in [5, 5.41) is 21.3. The van der Waals surface area contributed by atoms with Crippen LogP contribution < -0.4 is 5.32 Å². The summed E-state index contributed by atoms with van der Waals surface area (Å²) in [4.78, 5) is 0. The molecule has 0 aromatic heterocycles. The van der Waals surface area contributed by atoms with Crippen molar-refractivity contribution >= 4 is 0 Å². The Kier molecular flexibility index (Phi) is 3.09. The van der Waals surface area contributed by atoms with Crippen molar-refractivity contribution in [1.82, 2.24) is 5.32 Å². The first-order valence-electron chi connectivity index (χ1n) is 4.56. The van der Waals surface area contributed by atoms with Gasteiger partial charge in [0.1, 0.15) is 0 Å². The summed E-state index contributed by atoms with van der Waals surface area (Å²) >= 11 is 0. The maximum absolute atomic E-state index is 8.98. The van der Waals surface area contributed by atoms with Gasteiger partial charge in [-0.05, 0) is 12.3 Å². The van der Waals surface area contributed by atoms with Crippen LogP contribution in [0.15, 0.2) is 0 Å². The third-order valence-corrected chi connectivity index (χ3v) is 2.66. The first-order valence-corrected chi connectivity index (χ1v) is 4.56. The second-order valence-corrected chi connectivity index (χ2v) is 4.33. The van der Waals surface area contributed by atoms with E-state index in [1.54, 1.807) is 0 Å². The predicted molar refractivity (Wildman–Crippen MR) is 47.9 cm³/mol. The number of hydrogen-bond acceptors (Lipinski definition) is 3. The van der Waals surface area contributed by atoms with E-state index >= 15 is 0 Å². The summed E-state index contributed by atoms with van der Waals surface area (Å²) in [6.07, 6.45) is 1.23. The molecular formula is C9H19NO2. The lowest BCUT2D eigenvalue weighted by molar-refractivity contribution is 0.0692. The molecule has 2 unspecified atom stereocenters. The van der Waals surface area contributed by atoms with Gasteiger partial charge in [-0.3, -0.25) is 0 Å². The molecule has 1 fully saturated rings. The summed E-state index contributed by atoms with van der Waals surface area (Å²) in [6, 6.07) is 0.613. The molecule has 12 heavy (non-hydrogen) atoms. The van der Waals surface area contributed by atoms with E-state index in [1.165, 1.54) is 6.42 Å². The van der Waals surface area contributed by atoms with Gasteiger partial charge >= 0.3 is 0 Å². The lowest BCUT2D eigenvalue weighted by Crippen LogP contribution is -2.39. The molecule has 1 saturated carbocycles. The number of aliphatic hydroxyl groups excluding tert-OH is 2. The van der Waals surface area contributed by atoms with Gasteiger partial charge in [-0.25, -0.2) is 0 Å². The normalized spacial score (nSPS) is 29.0. The summed E-state index contributed by atoms with van der Waals surface area (Å²) in [5.74, 6) is 0.770. The average molecular weight is 173 g/mol. The van der Waals surface area contributed by atoms with Crippen LogP contribution in [0.25, 0.3) is 0 Å². The van der Waals surface area contributed by atoms with E-state index in [0.717, 1.165) is 5.92 Å². The zero-order valence-electron chi connectivity index (χ0n) is 7.88. The summed E-state index contributed by atoms with van der Waals surface area (Å²) in [5.41, 5.74) is -0.359. The third-order valence-electron chi connectivity index (χ3n) is 2.66. The highest BCUT2D eigenvalue weighted by molar-refractivity contribution is 4.91. The van der Waals surface area contributed by atoms with E-state index in [4.69, 9.17) is 10.2 Å². The molecule has 0 bridgehead atoms. The van der Waals surface area contributed by atoms with E-state index in [2.05, 4.69) is 12.2 Å². The number of nitrogens with one attached hydrogen (secondary N) is 1. The highest BCUT2D eigenvalue weighted by Gasteiger charge is 2.34. The SMILES string of the molecule is CC1CC1NCC(C)(CO)CO. The molecule has 0 aliphatic heterocycles. The van der Waals surface area contributed by atoms with Crippen molar-refractivity contribution < 1.29 is 10.2 Å². The fraction of sp³-hybridized carbons (Fsp3) is 1.00. The van der Waals surface area contributed by atoms with E-state index in [9.17, 15) is 0 Å². The standard InChI is InChI=1S/C9H19NO2/c1-7-3-8(7)10-4-9(2,5-11)6-12/h7-8,10-12H,3-6H2,1-2H3. The lowest BCUT2D eigenvalue weighted by Gasteiger charge is -2.24. The molecule has 3 heteroatoms. The first-order chi connectivity index (χ1) is 5.61. The fourth-order valence-electron chi connectivity index (χ4n) is 1.15. The molecule has 0 aromatic rings. The van der Waals surface area contributed by atoms with Gasteiger partial charge in [0.2, 0.25) is 0 Å². The maximum Gasteiger partial charge on any atom is 0.0518 e. The van der Waals surface area contributed by atoms with Gasteiger partial charge in [0, 0.05) is 18.0 Å². The van der Waals surface area contributed by atoms with Crippen molar-refractivity contribution in [3.63, 3.8) is 0 Å². The lowest BCUT2D eigenvalue weighted by atomic mass is 9.93. The Labute approximate surface area is 73.8 Å². The average Bonchev–Trinajstić information content (AvgIpc) is 2.78. The molecular weight excluding hydrogens is 154 g/mol. The van der Waals surface area contributed by atoms with Gasteiger partial charge in [-0.15, -0.1) is 0 Å². The Morgan fingerprint density at radius 2 is 1.92 bits per heavy atom. The van der Waals surface area contributed by atoms with E-state index < -0.39 is 0 Å². The molecule has 0 amide bonds. The minimum atomic E-state index is -0.359. The van der Waals surface area contributed by atoms with Crippen LogP contribution in [0.5, 0.6) is 0 Å². The second-order valence-electron chi connectivity index (χ2n) is 4.33. The van der Waals surface area contributed by atoms with Crippen LogP contribution in [-0.4, -0.2) is 36.0 Å². The molecule has 72 valence electrons. The number of aliphatic hydroxyl groups is 2. The van der Waals surface area contributed by atoms with Crippen LogP contribution in [-0.2, 0) is 0 Å². The van der Waals surface area contributed by atoms with Gasteiger partial charge in [0.15, 0.2) is 0 Å². The van der Waals surface area contributed by atoms with Gasteiger partial charge < -0.3 is 15.5 Å². The molecule has 0 heterocycles. The molecule has 0 spiro atoms. The van der Waals surface area contributed by atoms with E-state index in [0.29, 0.717) is 12.6 Å². The monoisotopic (exact) mass is 173 g/mol. The molecule has 0 aromatic carbocycles. The molecule has 3 nitrogen and oxygen atoms in total. The maximum atomic E-state index is 8.98. The van der Waals surface area contributed by atoms with Crippen molar-refractivity contribution in [2.75, 3.05) is 19.8 Å². The number of rotatable bonds is 5. The highest BCUT2D eigenvalue weighted by atomic mass is 16.3. The van der Waals surface area contributed by atoms with Crippen LogP contribution in [0.4, 0.5) is 0 Å². The first kappa shape index (κ1) is 9.96. The van der Waals surface area contributed by atoms with Crippen LogP contribution in [0, 0.1) is 11.3 Å². The summed E-state index contributed by atoms with van der Waals surface area (Å²) in [7, 11) is 0. The second kappa shape index (κ2) is 3.73. The predicted octanol–water partition coefficient (Wildman–Crippen LogP) is -0.0247. The molecule has 1 rings (SSSR count). The van der Waals surface area contributed by atoms with E-state index in [-0.39, 0.29) is 18.6 Å². The molecule has 1 aliphatic carbocycles. The Hall–Kier alpha value is -0.120. The zero-order chi connectivity index (χ0) is 9.19. The van der Waals surface area contributed by atoms with Crippen LogP contribution >= 0.6 is 0 Å². The van der Waals surface area contributed by atoms with Gasteiger partial charge in [-0.1, -0.05) is 13.8 Å². The molecule has 0 radical (unpaired) electrons. The largest absolute Gasteiger partial charge is 0.396 e. The summed E-state index contributed by atoms with van der Waals surface area (Å²) < 4.78 is 0. The van der Waals surface area contributed by atoms with E-state index in [1.807, 2.05) is 6.92 Å². The van der Waals surface area contributed by atoms with Crippen LogP contribution in [0.3, 0.4) is 0 Å². The Balaban J connectivity index is 2.19. The number of hydrogen-bond donors (Lipinski definition) is 3. The van der Waals surface area contributed by atoms with Crippen LogP contribution in [0.1, 0.15) is 20.3 Å². The Bertz CT molecular complexity index is 145. The fourth-order valence-corrected chi connectivity index (χ4v) is 1.15. The molecule has 3 N–H and O–H groups in total. The van der Waals surface area contributed by atoms with Crippen molar-refractivity contribution in [2.45, 2.75) is 26.3 Å². The minimum Gasteiger partial charge on any atom is -0.396 e. The Morgan fingerprint density at radius 1 is 1.42 bits per heavy atom. The zero-order valence-corrected chi connectivity index (χ0v) is 7.88. The van der Waals surface area contributed by atoms with Crippen molar-refractivity contribution in [3.05, 3.63) is 0 Å². The molecule has 1 aliphatic rings. The highest BCUT2D eigenvalue weighted by Crippen LogP contribution is 2.29. The third kappa shape index (κ3) is 2.44. The molecule has 2 atom stereocenters. The van der Waals surface area contributed by atoms with Crippen molar-refractivity contribution in [1.29, 1.82) is 0 Å². The summed E-state index contributed by atoms with van der Waals surface area (Å²) in [6.45, 7) is 4.87. The van der Waals surface area contributed by atoms with Crippen molar-refractivity contribution in [3.8, 4) is 0 Å². The van der Waals surface area contributed by atoms with Gasteiger partial charge in [-0.2, -0.15) is 0 Å². The topological polar surface area (TPSA) is 52.5 Å². The van der Waals surface area contributed by atoms with Crippen LogP contribution in [0.2, 0.25) is 0 Å².